The summed E-state index contributed by atoms with van der Waals surface area (Å²) in [6, 6.07) is 17.2. The van der Waals surface area contributed by atoms with E-state index in [9.17, 15) is 14.7 Å². The Labute approximate surface area is 150 Å². The number of anilines is 1. The van der Waals surface area contributed by atoms with Gasteiger partial charge in [0.25, 0.3) is 5.91 Å². The second-order valence-electron chi connectivity index (χ2n) is 5.56. The van der Waals surface area contributed by atoms with E-state index in [0.717, 1.165) is 10.8 Å². The second kappa shape index (κ2) is 7.57. The Bertz CT molecular complexity index is 950. The van der Waals surface area contributed by atoms with Gasteiger partial charge in [-0.3, -0.25) is 4.79 Å². The van der Waals surface area contributed by atoms with Crippen LogP contribution in [0.15, 0.2) is 60.7 Å². The van der Waals surface area contributed by atoms with Gasteiger partial charge in [0.2, 0.25) is 0 Å². The van der Waals surface area contributed by atoms with Crippen LogP contribution in [-0.2, 0) is 9.53 Å². The number of ether oxygens (including phenoxy) is 2. The van der Waals surface area contributed by atoms with Gasteiger partial charge < -0.3 is 19.9 Å². The lowest BCUT2D eigenvalue weighted by Crippen LogP contribution is -2.13. The lowest BCUT2D eigenvalue weighted by molar-refractivity contribution is -0.142. The van der Waals surface area contributed by atoms with Gasteiger partial charge in [0.05, 0.1) is 12.7 Å². The third-order valence-electron chi connectivity index (χ3n) is 3.81. The fraction of sp³-hybridized carbons (Fsp3) is 0.100. The van der Waals surface area contributed by atoms with Crippen LogP contribution in [0.3, 0.4) is 0 Å². The predicted octanol–water partition coefficient (Wildman–Crippen LogP) is 3.35. The number of aromatic hydroxyl groups is 1. The van der Waals surface area contributed by atoms with E-state index < -0.39 is 11.9 Å². The highest BCUT2D eigenvalue weighted by molar-refractivity contribution is 6.08. The van der Waals surface area contributed by atoms with E-state index in [-0.39, 0.29) is 17.9 Å². The van der Waals surface area contributed by atoms with Crippen molar-refractivity contribution in [3.05, 3.63) is 66.2 Å². The molecule has 0 aromatic heterocycles. The number of rotatable bonds is 5. The van der Waals surface area contributed by atoms with E-state index in [1.807, 2.05) is 24.3 Å². The summed E-state index contributed by atoms with van der Waals surface area (Å²) in [4.78, 5) is 23.5. The minimum Gasteiger partial charge on any atom is -0.507 e. The fourth-order valence-corrected chi connectivity index (χ4v) is 2.44. The number of phenolic OH excluding ortho intramolecular Hbond substituents is 1. The zero-order valence-corrected chi connectivity index (χ0v) is 14.1. The van der Waals surface area contributed by atoms with Crippen molar-refractivity contribution < 1.29 is 24.2 Å². The highest BCUT2D eigenvalue weighted by Gasteiger charge is 2.13. The van der Waals surface area contributed by atoms with Crippen LogP contribution in [-0.4, -0.2) is 30.7 Å². The Kier molecular flexibility index (Phi) is 5.03. The van der Waals surface area contributed by atoms with Crippen LogP contribution in [0.2, 0.25) is 0 Å². The molecular weight excluding hydrogens is 334 g/mol. The van der Waals surface area contributed by atoms with Gasteiger partial charge in [-0.15, -0.1) is 0 Å². The Morgan fingerprint density at radius 1 is 1.00 bits per heavy atom. The number of nitrogens with one attached hydrogen (secondary N) is 1. The number of hydrogen-bond donors (Lipinski definition) is 2. The lowest BCUT2D eigenvalue weighted by atomic mass is 10.1. The highest BCUT2D eigenvalue weighted by atomic mass is 16.6. The van der Waals surface area contributed by atoms with Crippen molar-refractivity contribution in [1.29, 1.82) is 0 Å². The molecule has 0 radical (unpaired) electrons. The summed E-state index contributed by atoms with van der Waals surface area (Å²) >= 11 is 0. The molecule has 6 nitrogen and oxygen atoms in total. The summed E-state index contributed by atoms with van der Waals surface area (Å²) in [7, 11) is 1.28. The summed E-state index contributed by atoms with van der Waals surface area (Å²) in [6.45, 7) is -0.187. The molecule has 1 amide bonds. The maximum absolute atomic E-state index is 12.5. The fourth-order valence-electron chi connectivity index (χ4n) is 2.44. The van der Waals surface area contributed by atoms with Crippen molar-refractivity contribution in [1.82, 2.24) is 0 Å². The molecule has 0 unspecified atom stereocenters. The normalized spacial score (nSPS) is 10.3. The molecule has 26 heavy (non-hydrogen) atoms. The molecule has 0 aliphatic heterocycles. The van der Waals surface area contributed by atoms with Gasteiger partial charge in [-0.1, -0.05) is 24.3 Å². The molecule has 0 bridgehead atoms. The Morgan fingerprint density at radius 3 is 2.31 bits per heavy atom. The molecule has 0 aliphatic rings. The first-order valence-corrected chi connectivity index (χ1v) is 7.89. The quantitative estimate of drug-likeness (QED) is 0.689. The zero-order chi connectivity index (χ0) is 18.5. The molecule has 0 saturated heterocycles. The lowest BCUT2D eigenvalue weighted by Gasteiger charge is -2.09. The topological polar surface area (TPSA) is 84.9 Å². The maximum Gasteiger partial charge on any atom is 0.343 e. The number of methoxy groups -OCH3 is 1. The Hall–Kier alpha value is -3.54. The standard InChI is InChI=1S/C20H17NO5/c1-25-19(23)12-26-16-8-6-15(7-9-16)21-20(24)17-10-13-4-2-3-5-14(13)11-18(17)22/h2-11,22H,12H2,1H3,(H,21,24). The monoisotopic (exact) mass is 351 g/mol. The Morgan fingerprint density at radius 2 is 1.65 bits per heavy atom. The van der Waals surface area contributed by atoms with E-state index >= 15 is 0 Å². The van der Waals surface area contributed by atoms with Crippen molar-refractivity contribution in [2.24, 2.45) is 0 Å². The number of carbonyl (C=O) groups excluding carboxylic acids is 2. The molecule has 0 spiro atoms. The van der Waals surface area contributed by atoms with Crippen molar-refractivity contribution in [2.75, 3.05) is 19.0 Å². The van der Waals surface area contributed by atoms with E-state index in [0.29, 0.717) is 11.4 Å². The van der Waals surface area contributed by atoms with Gasteiger partial charge >= 0.3 is 5.97 Å². The van der Waals surface area contributed by atoms with Gasteiger partial charge in [-0.2, -0.15) is 0 Å². The van der Waals surface area contributed by atoms with E-state index in [1.165, 1.54) is 7.11 Å². The first kappa shape index (κ1) is 17.3. The molecule has 132 valence electrons. The van der Waals surface area contributed by atoms with E-state index in [1.54, 1.807) is 36.4 Å². The van der Waals surface area contributed by atoms with Crippen LogP contribution < -0.4 is 10.1 Å². The molecule has 2 N–H and O–H groups in total. The Balaban J connectivity index is 1.71. The largest absolute Gasteiger partial charge is 0.507 e. The number of amides is 1. The summed E-state index contributed by atoms with van der Waals surface area (Å²) in [5.41, 5.74) is 0.725. The maximum atomic E-state index is 12.5. The van der Waals surface area contributed by atoms with Gasteiger partial charge in [0.1, 0.15) is 11.5 Å². The first-order chi connectivity index (χ1) is 12.6. The molecule has 0 aliphatic carbocycles. The summed E-state index contributed by atoms with van der Waals surface area (Å²) < 4.78 is 9.74. The van der Waals surface area contributed by atoms with Gasteiger partial charge in [0, 0.05) is 5.69 Å². The number of benzene rings is 3. The molecule has 3 rings (SSSR count). The molecule has 3 aromatic rings. The summed E-state index contributed by atoms with van der Waals surface area (Å²) in [5.74, 6) is -0.508. The zero-order valence-electron chi connectivity index (χ0n) is 14.1. The number of carbonyl (C=O) groups is 2. The molecule has 0 fully saturated rings. The third-order valence-corrected chi connectivity index (χ3v) is 3.81. The average molecular weight is 351 g/mol. The number of phenols is 1. The van der Waals surface area contributed by atoms with E-state index in [2.05, 4.69) is 10.1 Å². The van der Waals surface area contributed by atoms with Crippen LogP contribution in [0, 0.1) is 0 Å². The summed E-state index contributed by atoms with van der Waals surface area (Å²) in [6.07, 6.45) is 0. The highest BCUT2D eigenvalue weighted by Crippen LogP contribution is 2.26. The number of fused-ring (bicyclic) bond motifs is 1. The van der Waals surface area contributed by atoms with Crippen LogP contribution in [0.1, 0.15) is 10.4 Å². The van der Waals surface area contributed by atoms with Crippen molar-refractivity contribution in [3.63, 3.8) is 0 Å². The van der Waals surface area contributed by atoms with Crippen LogP contribution >= 0.6 is 0 Å². The molecule has 6 heteroatoms. The minimum atomic E-state index is -0.478. The van der Waals surface area contributed by atoms with Crippen LogP contribution in [0.25, 0.3) is 10.8 Å². The smallest absolute Gasteiger partial charge is 0.343 e. The molecule has 0 atom stereocenters. The predicted molar refractivity (Wildman–Crippen MR) is 97.5 cm³/mol. The SMILES string of the molecule is COC(=O)COc1ccc(NC(=O)c2cc3ccccc3cc2O)cc1. The van der Waals surface area contributed by atoms with Gasteiger partial charge in [-0.25, -0.2) is 4.79 Å². The molecule has 0 heterocycles. The average Bonchev–Trinajstić information content (AvgIpc) is 2.66. The molecular formula is C20H17NO5. The second-order valence-corrected chi connectivity index (χ2v) is 5.56. The van der Waals surface area contributed by atoms with Crippen LogP contribution in [0.4, 0.5) is 5.69 Å². The minimum absolute atomic E-state index is 0.0840. The molecule has 3 aromatic carbocycles. The number of hydrogen-bond acceptors (Lipinski definition) is 5. The van der Waals surface area contributed by atoms with Crippen molar-refractivity contribution in [2.45, 2.75) is 0 Å². The van der Waals surface area contributed by atoms with Crippen molar-refractivity contribution in [3.8, 4) is 11.5 Å². The summed E-state index contributed by atoms with van der Waals surface area (Å²) in [5, 5.41) is 14.6. The van der Waals surface area contributed by atoms with Gasteiger partial charge in [-0.05, 0) is 47.2 Å². The number of esters is 1. The van der Waals surface area contributed by atoms with Crippen molar-refractivity contribution >= 4 is 28.3 Å². The third kappa shape index (κ3) is 3.92. The van der Waals surface area contributed by atoms with Gasteiger partial charge in [0.15, 0.2) is 6.61 Å². The van der Waals surface area contributed by atoms with E-state index in [4.69, 9.17) is 4.74 Å². The van der Waals surface area contributed by atoms with Crippen LogP contribution in [0.5, 0.6) is 11.5 Å². The molecule has 0 saturated carbocycles. The first-order valence-electron chi connectivity index (χ1n) is 7.89.